The number of aromatic nitrogens is 2. The summed E-state index contributed by atoms with van der Waals surface area (Å²) in [6.07, 6.45) is -6.62. The lowest BCUT2D eigenvalue weighted by Crippen LogP contribution is -2.17. The smallest absolute Gasteiger partial charge is 0.478 e. The fraction of sp³-hybridized carbons (Fsp3) is 0.0750. The second kappa shape index (κ2) is 15.1. The minimum absolute atomic E-state index is 0.00119. The van der Waals surface area contributed by atoms with E-state index in [-0.39, 0.29) is 22.6 Å². The molecule has 5 aromatic carbocycles. The van der Waals surface area contributed by atoms with Crippen molar-refractivity contribution in [1.82, 2.24) is 9.13 Å². The highest BCUT2D eigenvalue weighted by molar-refractivity contribution is 6.42. The molecule has 0 saturated carbocycles. The number of aromatic carboxylic acids is 1. The van der Waals surface area contributed by atoms with Crippen LogP contribution in [-0.4, -0.2) is 49.8 Å². The molecule has 7 rings (SSSR count). The molecule has 0 atom stereocenters. The third kappa shape index (κ3) is 8.79. The predicted molar refractivity (Wildman–Crippen MR) is 188 cm³/mol. The summed E-state index contributed by atoms with van der Waals surface area (Å²) in [6.45, 7) is 0.492. The van der Waals surface area contributed by atoms with Crippen molar-refractivity contribution in [3.63, 3.8) is 0 Å². The number of ether oxygens (including phenoxy) is 2. The molecule has 0 aliphatic rings. The zero-order valence-corrected chi connectivity index (χ0v) is 28.0. The van der Waals surface area contributed by atoms with Gasteiger partial charge in [0.25, 0.3) is 5.78 Å². The first-order valence-corrected chi connectivity index (χ1v) is 16.1. The van der Waals surface area contributed by atoms with E-state index in [9.17, 15) is 45.8 Å². The maximum absolute atomic E-state index is 12.4. The molecule has 0 unspecified atom stereocenters. The molecule has 55 heavy (non-hydrogen) atoms. The molecule has 7 aromatic rings. The first kappa shape index (κ1) is 37.7. The van der Waals surface area contributed by atoms with Gasteiger partial charge in [0.2, 0.25) is 0 Å². The SMILES string of the molecule is O=C(O)C(=O)c1cn(-c2ccc(OC(F)(F)F)cc2)c2ccccc12.O=C(O)c1cn(Cc2ccccc2)c2cccc(-c3ccc(OC(F)(F)F)cc3)c12. The van der Waals surface area contributed by atoms with E-state index in [1.807, 2.05) is 41.0 Å². The number of carboxylic acid groups (broad SMARTS) is 2. The Hall–Kier alpha value is -7.03. The third-order valence-corrected chi connectivity index (χ3v) is 8.23. The van der Waals surface area contributed by atoms with Crippen molar-refractivity contribution in [2.75, 3.05) is 0 Å². The summed E-state index contributed by atoms with van der Waals surface area (Å²) in [6, 6.07) is 32.1. The van der Waals surface area contributed by atoms with E-state index in [2.05, 4.69) is 9.47 Å². The van der Waals surface area contributed by atoms with Gasteiger partial charge in [0, 0.05) is 40.9 Å². The molecule has 2 aromatic heterocycles. The molecule has 0 amide bonds. The van der Waals surface area contributed by atoms with Crippen LogP contribution in [0.3, 0.4) is 0 Å². The highest BCUT2D eigenvalue weighted by atomic mass is 19.4. The van der Waals surface area contributed by atoms with Crippen LogP contribution in [0.2, 0.25) is 0 Å². The largest absolute Gasteiger partial charge is 0.573 e. The zero-order chi connectivity index (χ0) is 39.5. The van der Waals surface area contributed by atoms with Gasteiger partial charge < -0.3 is 28.8 Å². The number of nitrogens with zero attached hydrogens (tertiary/aromatic N) is 2. The Labute approximate surface area is 306 Å². The summed E-state index contributed by atoms with van der Waals surface area (Å²) in [7, 11) is 0. The molecule has 15 heteroatoms. The standard InChI is InChI=1S/C23H16F3NO3.C17H10F3NO4/c24-23(25,26)30-17-11-9-16(10-12-17)18-7-4-8-20-21(18)19(22(28)29)14-27(20)13-15-5-2-1-3-6-15;18-17(19,20)25-11-7-5-10(6-8-11)21-9-13(15(22)16(23)24)12-3-1-2-4-14(12)21/h1-12,14H,13H2,(H,28,29);1-9H,(H,23,24). The lowest BCUT2D eigenvalue weighted by molar-refractivity contribution is -0.275. The van der Waals surface area contributed by atoms with E-state index in [1.54, 1.807) is 42.6 Å². The Morgan fingerprint density at radius 1 is 0.600 bits per heavy atom. The second-order valence-electron chi connectivity index (χ2n) is 11.8. The summed E-state index contributed by atoms with van der Waals surface area (Å²) in [4.78, 5) is 34.8. The molecule has 0 spiro atoms. The normalized spacial score (nSPS) is 11.5. The first-order chi connectivity index (χ1) is 26.1. The van der Waals surface area contributed by atoms with Gasteiger partial charge in [-0.2, -0.15) is 0 Å². The number of carbonyl (C=O) groups is 3. The van der Waals surface area contributed by atoms with Crippen LogP contribution in [0.5, 0.6) is 11.5 Å². The monoisotopic (exact) mass is 760 g/mol. The molecule has 0 aliphatic heterocycles. The molecule has 0 saturated heterocycles. The summed E-state index contributed by atoms with van der Waals surface area (Å²) >= 11 is 0. The van der Waals surface area contributed by atoms with E-state index in [4.69, 9.17) is 5.11 Å². The van der Waals surface area contributed by atoms with Gasteiger partial charge in [-0.15, -0.1) is 26.3 Å². The maximum atomic E-state index is 12.4. The summed E-state index contributed by atoms with van der Waals surface area (Å²) in [5.41, 5.74) is 4.10. The number of para-hydroxylation sites is 1. The van der Waals surface area contributed by atoms with Gasteiger partial charge in [-0.05, 0) is 65.2 Å². The van der Waals surface area contributed by atoms with Gasteiger partial charge in [0.15, 0.2) is 0 Å². The quantitative estimate of drug-likeness (QED) is 0.0854. The number of fused-ring (bicyclic) bond motifs is 2. The molecule has 280 valence electrons. The highest BCUT2D eigenvalue weighted by Crippen LogP contribution is 2.35. The second-order valence-corrected chi connectivity index (χ2v) is 11.8. The summed E-state index contributed by atoms with van der Waals surface area (Å²) in [5, 5.41) is 19.7. The lowest BCUT2D eigenvalue weighted by atomic mass is 9.99. The molecule has 0 aliphatic carbocycles. The number of aliphatic carboxylic acids is 1. The van der Waals surface area contributed by atoms with Crippen LogP contribution in [0.1, 0.15) is 26.3 Å². The van der Waals surface area contributed by atoms with E-state index in [1.165, 1.54) is 47.2 Å². The Kier molecular flexibility index (Phi) is 10.4. The minimum Gasteiger partial charge on any atom is -0.478 e. The van der Waals surface area contributed by atoms with E-state index in [0.717, 1.165) is 23.2 Å². The average Bonchev–Trinajstić information content (AvgIpc) is 3.71. The topological polar surface area (TPSA) is 120 Å². The zero-order valence-electron chi connectivity index (χ0n) is 28.0. The van der Waals surface area contributed by atoms with Gasteiger partial charge in [-0.3, -0.25) is 4.79 Å². The van der Waals surface area contributed by atoms with Crippen molar-refractivity contribution in [1.29, 1.82) is 0 Å². The number of carbonyl (C=O) groups excluding carboxylic acids is 1. The molecule has 0 bridgehead atoms. The molecule has 2 heterocycles. The van der Waals surface area contributed by atoms with Gasteiger partial charge in [-0.25, -0.2) is 9.59 Å². The average molecular weight is 761 g/mol. The number of carboxylic acids is 2. The Morgan fingerprint density at radius 3 is 1.75 bits per heavy atom. The Morgan fingerprint density at radius 2 is 1.16 bits per heavy atom. The number of rotatable bonds is 9. The Balaban J connectivity index is 0.000000190. The third-order valence-electron chi connectivity index (χ3n) is 8.23. The van der Waals surface area contributed by atoms with Crippen LogP contribution < -0.4 is 9.47 Å². The van der Waals surface area contributed by atoms with Crippen molar-refractivity contribution >= 4 is 39.5 Å². The van der Waals surface area contributed by atoms with Crippen molar-refractivity contribution in [2.45, 2.75) is 19.3 Å². The Bertz CT molecular complexity index is 2510. The van der Waals surface area contributed by atoms with Gasteiger partial charge in [-0.1, -0.05) is 72.8 Å². The van der Waals surface area contributed by atoms with E-state index in [0.29, 0.717) is 39.6 Å². The van der Waals surface area contributed by atoms with E-state index < -0.39 is 30.4 Å². The molecule has 0 radical (unpaired) electrons. The van der Waals surface area contributed by atoms with Crippen LogP contribution >= 0.6 is 0 Å². The fourth-order valence-electron chi connectivity index (χ4n) is 6.00. The minimum atomic E-state index is -4.79. The van der Waals surface area contributed by atoms with Crippen LogP contribution in [-0.2, 0) is 11.3 Å². The molecule has 0 fully saturated rings. The maximum Gasteiger partial charge on any atom is 0.573 e. The predicted octanol–water partition coefficient (Wildman–Crippen LogP) is 9.75. The van der Waals surface area contributed by atoms with Crippen molar-refractivity contribution in [3.8, 4) is 28.3 Å². The van der Waals surface area contributed by atoms with Crippen LogP contribution in [0.25, 0.3) is 38.6 Å². The summed E-state index contributed by atoms with van der Waals surface area (Å²) in [5.74, 6) is -4.44. The van der Waals surface area contributed by atoms with E-state index >= 15 is 0 Å². The molecular formula is C40H26F6N2O7. The molecule has 2 N–H and O–H groups in total. The molecule has 9 nitrogen and oxygen atoms in total. The van der Waals surface area contributed by atoms with Gasteiger partial charge in [0.1, 0.15) is 11.5 Å². The van der Waals surface area contributed by atoms with Crippen LogP contribution in [0.15, 0.2) is 134 Å². The number of alkyl halides is 6. The van der Waals surface area contributed by atoms with Gasteiger partial charge >= 0.3 is 24.7 Å². The highest BCUT2D eigenvalue weighted by Gasteiger charge is 2.32. The van der Waals surface area contributed by atoms with Crippen molar-refractivity contribution in [3.05, 3.63) is 150 Å². The van der Waals surface area contributed by atoms with Gasteiger partial charge in [0.05, 0.1) is 16.6 Å². The van der Waals surface area contributed by atoms with Crippen molar-refractivity contribution < 1.29 is 60.4 Å². The molecular weight excluding hydrogens is 734 g/mol. The van der Waals surface area contributed by atoms with Crippen LogP contribution in [0, 0.1) is 0 Å². The first-order valence-electron chi connectivity index (χ1n) is 16.1. The number of halogens is 6. The fourth-order valence-corrected chi connectivity index (χ4v) is 6.00. The van der Waals surface area contributed by atoms with Crippen molar-refractivity contribution in [2.24, 2.45) is 0 Å². The number of benzene rings is 5. The summed E-state index contributed by atoms with van der Waals surface area (Å²) < 4.78 is 85.0. The van der Waals surface area contributed by atoms with Crippen LogP contribution in [0.4, 0.5) is 26.3 Å². The number of hydrogen-bond acceptors (Lipinski definition) is 5. The lowest BCUT2D eigenvalue weighted by Gasteiger charge is -2.11. The number of ketones is 1. The number of Topliss-reactive ketones (excluding diaryl/α,β-unsaturated/α-hetero) is 1. The number of hydrogen-bond donors (Lipinski definition) is 2.